The molecule has 0 aromatic rings. The first kappa shape index (κ1) is 11.0. The number of allylic oxidation sites excluding steroid dienone is 4. The summed E-state index contributed by atoms with van der Waals surface area (Å²) in [6.07, 6.45) is 10.3. The van der Waals surface area contributed by atoms with Crippen molar-refractivity contribution >= 4 is 6.34 Å². The van der Waals surface area contributed by atoms with E-state index in [-0.39, 0.29) is 0 Å². The Morgan fingerprint density at radius 1 is 1.42 bits per heavy atom. The van der Waals surface area contributed by atoms with Crippen molar-refractivity contribution in [3.63, 3.8) is 0 Å². The zero-order chi connectivity index (χ0) is 9.23. The first-order valence-corrected chi connectivity index (χ1v) is 4.26. The van der Waals surface area contributed by atoms with Crippen LogP contribution in [0, 0.1) is 0 Å². The minimum atomic E-state index is 1.08. The van der Waals surface area contributed by atoms with Gasteiger partial charge in [-0.05, 0) is 26.7 Å². The molecule has 0 unspecified atom stereocenters. The number of hydrogen-bond acceptors (Lipinski definition) is 1. The number of unbranched alkanes of at least 4 members (excludes halogenated alkanes) is 1. The maximum atomic E-state index is 3.83. The van der Waals surface area contributed by atoms with Crippen LogP contribution in [0.3, 0.4) is 0 Å². The molecule has 0 amide bonds. The Bertz CT molecular complexity index is 178. The molecule has 1 N–H and O–H groups in total. The van der Waals surface area contributed by atoms with E-state index in [1.165, 1.54) is 0 Å². The highest BCUT2D eigenvalue weighted by atomic mass is 14.9. The van der Waals surface area contributed by atoms with E-state index in [1.54, 1.807) is 13.4 Å². The first-order chi connectivity index (χ1) is 5.81. The lowest BCUT2D eigenvalue weighted by molar-refractivity contribution is 1.00. The molecule has 12 heavy (non-hydrogen) atoms. The van der Waals surface area contributed by atoms with Crippen LogP contribution in [-0.4, -0.2) is 13.4 Å². The summed E-state index contributed by atoms with van der Waals surface area (Å²) in [6.45, 7) is 4.08. The van der Waals surface area contributed by atoms with Crippen molar-refractivity contribution in [1.82, 2.24) is 5.32 Å². The Labute approximate surface area is 75.1 Å². The summed E-state index contributed by atoms with van der Waals surface area (Å²) in [7, 11) is 1.75. The second-order valence-corrected chi connectivity index (χ2v) is 2.57. The standard InChI is InChI=1S/C10H18N2/c1-4-5-6-7-8-10(2)12-9-11-3/h4-5,8-9H,6-7H2,1-3H3,(H,11,12)/b5-4+,10-8+. The highest BCUT2D eigenvalue weighted by Crippen LogP contribution is 1.95. The van der Waals surface area contributed by atoms with Crippen molar-refractivity contribution in [3.8, 4) is 0 Å². The molecule has 0 aliphatic heterocycles. The van der Waals surface area contributed by atoms with Gasteiger partial charge in [0, 0.05) is 12.7 Å². The van der Waals surface area contributed by atoms with E-state index < -0.39 is 0 Å². The van der Waals surface area contributed by atoms with E-state index in [9.17, 15) is 0 Å². The van der Waals surface area contributed by atoms with Crippen molar-refractivity contribution in [1.29, 1.82) is 0 Å². The number of nitrogens with one attached hydrogen (secondary N) is 1. The molecular formula is C10H18N2. The minimum Gasteiger partial charge on any atom is -0.351 e. The third-order valence-corrected chi connectivity index (χ3v) is 1.44. The van der Waals surface area contributed by atoms with Gasteiger partial charge in [0.2, 0.25) is 0 Å². The molecule has 68 valence electrons. The zero-order valence-electron chi connectivity index (χ0n) is 8.17. The van der Waals surface area contributed by atoms with Crippen LogP contribution < -0.4 is 5.32 Å². The Morgan fingerprint density at radius 2 is 2.17 bits per heavy atom. The Hall–Kier alpha value is -1.05. The predicted octanol–water partition coefficient (Wildman–Crippen LogP) is 2.49. The molecular weight excluding hydrogens is 148 g/mol. The van der Waals surface area contributed by atoms with Gasteiger partial charge in [-0.25, -0.2) is 0 Å². The molecule has 0 heterocycles. The average Bonchev–Trinajstić information content (AvgIpc) is 2.09. The first-order valence-electron chi connectivity index (χ1n) is 4.26. The summed E-state index contributed by atoms with van der Waals surface area (Å²) in [4.78, 5) is 3.83. The maximum Gasteiger partial charge on any atom is 0.0861 e. The van der Waals surface area contributed by atoms with Gasteiger partial charge in [0.25, 0.3) is 0 Å². The van der Waals surface area contributed by atoms with Gasteiger partial charge >= 0.3 is 0 Å². The highest BCUT2D eigenvalue weighted by molar-refractivity contribution is 5.56. The van der Waals surface area contributed by atoms with E-state index in [4.69, 9.17) is 0 Å². The van der Waals surface area contributed by atoms with Crippen molar-refractivity contribution in [2.75, 3.05) is 7.05 Å². The van der Waals surface area contributed by atoms with Gasteiger partial charge in [-0.15, -0.1) is 0 Å². The van der Waals surface area contributed by atoms with Gasteiger partial charge in [0.1, 0.15) is 0 Å². The summed E-state index contributed by atoms with van der Waals surface area (Å²) in [5, 5.41) is 3.05. The molecule has 0 rings (SSSR count). The molecule has 0 atom stereocenters. The second-order valence-electron chi connectivity index (χ2n) is 2.57. The smallest absolute Gasteiger partial charge is 0.0861 e. The van der Waals surface area contributed by atoms with E-state index in [2.05, 4.69) is 28.5 Å². The van der Waals surface area contributed by atoms with Gasteiger partial charge in [-0.1, -0.05) is 18.2 Å². The Kier molecular flexibility index (Phi) is 7.35. The van der Waals surface area contributed by atoms with Gasteiger partial charge < -0.3 is 5.32 Å². The molecule has 0 bridgehead atoms. The fourth-order valence-corrected chi connectivity index (χ4v) is 0.788. The van der Waals surface area contributed by atoms with Crippen LogP contribution in [0.4, 0.5) is 0 Å². The normalized spacial score (nSPS) is 13.1. The summed E-state index contributed by atoms with van der Waals surface area (Å²) in [5.41, 5.74) is 1.16. The molecule has 0 aliphatic rings. The van der Waals surface area contributed by atoms with Crippen LogP contribution >= 0.6 is 0 Å². The highest BCUT2D eigenvalue weighted by Gasteiger charge is 1.82. The number of hydrogen-bond donors (Lipinski definition) is 1. The number of aliphatic imine (C=N–C) groups is 1. The monoisotopic (exact) mass is 166 g/mol. The molecule has 0 aromatic heterocycles. The zero-order valence-corrected chi connectivity index (χ0v) is 8.17. The van der Waals surface area contributed by atoms with Gasteiger partial charge in [0.05, 0.1) is 6.34 Å². The lowest BCUT2D eigenvalue weighted by Crippen LogP contribution is -2.06. The summed E-state index contributed by atoms with van der Waals surface area (Å²) in [6, 6.07) is 0. The second kappa shape index (κ2) is 8.05. The Morgan fingerprint density at radius 3 is 2.75 bits per heavy atom. The summed E-state index contributed by atoms with van der Waals surface area (Å²) < 4.78 is 0. The Balaban J connectivity index is 3.54. The third-order valence-electron chi connectivity index (χ3n) is 1.44. The van der Waals surface area contributed by atoms with Crippen molar-refractivity contribution in [2.24, 2.45) is 4.99 Å². The topological polar surface area (TPSA) is 24.4 Å². The van der Waals surface area contributed by atoms with Gasteiger partial charge in [-0.2, -0.15) is 0 Å². The van der Waals surface area contributed by atoms with E-state index in [0.717, 1.165) is 18.5 Å². The quantitative estimate of drug-likeness (QED) is 0.288. The van der Waals surface area contributed by atoms with Gasteiger partial charge in [-0.3, -0.25) is 4.99 Å². The molecule has 0 aliphatic carbocycles. The lowest BCUT2D eigenvalue weighted by Gasteiger charge is -1.97. The fraction of sp³-hybridized carbons (Fsp3) is 0.500. The van der Waals surface area contributed by atoms with Crippen molar-refractivity contribution in [3.05, 3.63) is 23.9 Å². The fourth-order valence-electron chi connectivity index (χ4n) is 0.788. The minimum absolute atomic E-state index is 1.08. The van der Waals surface area contributed by atoms with Crippen molar-refractivity contribution < 1.29 is 0 Å². The van der Waals surface area contributed by atoms with Crippen LogP contribution in [-0.2, 0) is 0 Å². The molecule has 0 radical (unpaired) electrons. The molecule has 0 fully saturated rings. The molecule has 0 aromatic carbocycles. The maximum absolute atomic E-state index is 3.83. The predicted molar refractivity (Wildman–Crippen MR) is 55.4 cm³/mol. The third kappa shape index (κ3) is 7.06. The van der Waals surface area contributed by atoms with Crippen LogP contribution in [0.15, 0.2) is 28.9 Å². The molecule has 0 spiro atoms. The number of rotatable bonds is 5. The molecule has 0 saturated carbocycles. The van der Waals surface area contributed by atoms with Crippen LogP contribution in [0.2, 0.25) is 0 Å². The molecule has 2 heteroatoms. The van der Waals surface area contributed by atoms with Crippen LogP contribution in [0.1, 0.15) is 26.7 Å². The molecule has 2 nitrogen and oxygen atoms in total. The van der Waals surface area contributed by atoms with E-state index in [0.29, 0.717) is 0 Å². The summed E-state index contributed by atoms with van der Waals surface area (Å²) >= 11 is 0. The summed E-state index contributed by atoms with van der Waals surface area (Å²) in [5.74, 6) is 0. The van der Waals surface area contributed by atoms with Crippen LogP contribution in [0.25, 0.3) is 0 Å². The van der Waals surface area contributed by atoms with Gasteiger partial charge in [0.15, 0.2) is 0 Å². The van der Waals surface area contributed by atoms with E-state index >= 15 is 0 Å². The number of nitrogens with zero attached hydrogens (tertiary/aromatic N) is 1. The van der Waals surface area contributed by atoms with Crippen molar-refractivity contribution in [2.45, 2.75) is 26.7 Å². The molecule has 0 saturated heterocycles. The van der Waals surface area contributed by atoms with E-state index in [1.807, 2.05) is 13.8 Å². The van der Waals surface area contributed by atoms with Crippen LogP contribution in [0.5, 0.6) is 0 Å². The largest absolute Gasteiger partial charge is 0.351 e. The average molecular weight is 166 g/mol. The SMILES string of the molecule is C/C=C/CC/C=C(\C)NC=NC. The lowest BCUT2D eigenvalue weighted by atomic mass is 10.2.